The Morgan fingerprint density at radius 3 is 2.56 bits per heavy atom. The smallest absolute Gasteiger partial charge is 0.435 e. The maximum absolute atomic E-state index is 12.6. The highest BCUT2D eigenvalue weighted by Crippen LogP contribution is 2.31. The highest BCUT2D eigenvalue weighted by atomic mass is 32.1. The van der Waals surface area contributed by atoms with Crippen LogP contribution in [0.3, 0.4) is 0 Å². The van der Waals surface area contributed by atoms with E-state index in [9.17, 15) is 14.7 Å². The number of thiol groups is 1. The third-order valence-corrected chi connectivity index (χ3v) is 4.11. The minimum atomic E-state index is -1.07. The van der Waals surface area contributed by atoms with E-state index in [0.717, 1.165) is 12.8 Å². The Hall–Kier alpha value is -1.33. The Morgan fingerprint density at radius 2 is 2.06 bits per heavy atom. The summed E-state index contributed by atoms with van der Waals surface area (Å²) in [7, 11) is 0. The van der Waals surface area contributed by atoms with Gasteiger partial charge in [0.1, 0.15) is 6.04 Å². The number of carbonyl (C=O) groups excluding carboxylic acids is 1. The van der Waals surface area contributed by atoms with Crippen molar-refractivity contribution in [3.05, 3.63) is 29.8 Å². The Morgan fingerprint density at radius 1 is 1.39 bits per heavy atom. The molecule has 0 aromatic heterocycles. The molecular weight excluding hydrogens is 250 g/mol. The van der Waals surface area contributed by atoms with Crippen molar-refractivity contribution in [1.29, 1.82) is 0 Å². The number of hydrogen-bond donors (Lipinski definition) is 2. The molecule has 1 N–H and O–H groups in total. The summed E-state index contributed by atoms with van der Waals surface area (Å²) >= 11 is 4.24. The summed E-state index contributed by atoms with van der Waals surface area (Å²) < 4.78 is -0.502. The maximum atomic E-state index is 12.6. The van der Waals surface area contributed by atoms with Gasteiger partial charge >= 0.3 is 12.0 Å². The molecule has 1 heterocycles. The number of likely N-dealkylation sites (tertiary alicyclic amines) is 1. The lowest BCUT2D eigenvalue weighted by Crippen LogP contribution is -2.58. The Bertz CT molecular complexity index is 503. The molecule has 1 saturated heterocycles. The zero-order valence-electron chi connectivity index (χ0n) is 10.2. The first-order valence-corrected chi connectivity index (χ1v) is 6.39. The zero-order valence-corrected chi connectivity index (χ0v) is 11.1. The van der Waals surface area contributed by atoms with Gasteiger partial charge in [0.05, 0.1) is 12.1 Å². The number of amides is 2. The number of nitrogens with zero attached hydrogens (tertiary/aromatic N) is 1. The molecule has 2 rings (SSSR count). The number of quaternary nitrogens is 1. The second-order valence-electron chi connectivity index (χ2n) is 4.69. The van der Waals surface area contributed by atoms with E-state index in [1.807, 2.05) is 6.92 Å². The van der Waals surface area contributed by atoms with Crippen molar-refractivity contribution >= 4 is 24.6 Å². The van der Waals surface area contributed by atoms with Crippen LogP contribution in [0, 0.1) is 0 Å². The third kappa shape index (κ3) is 1.83. The van der Waals surface area contributed by atoms with Crippen LogP contribution in [0.5, 0.6) is 0 Å². The first kappa shape index (κ1) is 13.1. The monoisotopic (exact) mass is 266 g/mol. The van der Waals surface area contributed by atoms with Crippen LogP contribution in [-0.4, -0.2) is 34.2 Å². The summed E-state index contributed by atoms with van der Waals surface area (Å²) in [6, 6.07) is 6.65. The van der Waals surface area contributed by atoms with E-state index in [2.05, 4.69) is 12.6 Å². The van der Waals surface area contributed by atoms with Gasteiger partial charge in [0, 0.05) is 17.7 Å². The van der Waals surface area contributed by atoms with Crippen LogP contribution in [0.4, 0.5) is 4.79 Å². The second kappa shape index (κ2) is 4.74. The number of hydrogen-bond acceptors (Lipinski definition) is 3. The molecule has 0 bridgehead atoms. The molecule has 5 heteroatoms. The number of carbonyl (C=O) groups is 2. The summed E-state index contributed by atoms with van der Waals surface area (Å²) in [5.74, 6) is -0.363. The molecule has 1 aromatic carbocycles. The summed E-state index contributed by atoms with van der Waals surface area (Å²) in [5, 5.41) is 9.48. The van der Waals surface area contributed by atoms with Crippen molar-refractivity contribution in [1.82, 2.24) is 0 Å². The van der Waals surface area contributed by atoms with Gasteiger partial charge in [-0.15, -0.1) is 12.6 Å². The lowest BCUT2D eigenvalue weighted by Gasteiger charge is -2.29. The van der Waals surface area contributed by atoms with Crippen LogP contribution in [0.25, 0.3) is 0 Å². The van der Waals surface area contributed by atoms with Crippen LogP contribution >= 0.6 is 12.6 Å². The fourth-order valence-electron chi connectivity index (χ4n) is 2.62. The van der Waals surface area contributed by atoms with E-state index >= 15 is 0 Å². The summed E-state index contributed by atoms with van der Waals surface area (Å²) in [4.78, 5) is 24.7. The fraction of sp³-hybridized carbons (Fsp3) is 0.385. The Balaban J connectivity index is 2.49. The first-order valence-electron chi connectivity index (χ1n) is 5.94. The van der Waals surface area contributed by atoms with Gasteiger partial charge in [-0.1, -0.05) is 12.1 Å². The number of rotatable bonds is 1. The number of imide groups is 1. The van der Waals surface area contributed by atoms with Crippen LogP contribution in [0.2, 0.25) is 0 Å². The molecule has 1 unspecified atom stereocenters. The van der Waals surface area contributed by atoms with E-state index < -0.39 is 10.6 Å². The summed E-state index contributed by atoms with van der Waals surface area (Å²) in [6.45, 7) is 2.18. The molecule has 2 atom stereocenters. The number of benzene rings is 1. The molecule has 2 amide bonds. The van der Waals surface area contributed by atoms with Crippen LogP contribution in [-0.2, 0) is 0 Å². The van der Waals surface area contributed by atoms with Crippen LogP contribution < -0.4 is 0 Å². The molecule has 1 aliphatic rings. The molecule has 4 nitrogen and oxygen atoms in total. The average Bonchev–Trinajstić information content (AvgIpc) is 2.72. The van der Waals surface area contributed by atoms with Crippen LogP contribution in [0.1, 0.15) is 30.1 Å². The van der Waals surface area contributed by atoms with E-state index in [1.165, 1.54) is 0 Å². The third-order valence-electron chi connectivity index (χ3n) is 3.72. The van der Waals surface area contributed by atoms with Gasteiger partial charge < -0.3 is 5.11 Å². The zero-order chi connectivity index (χ0) is 13.3. The van der Waals surface area contributed by atoms with E-state index in [0.29, 0.717) is 17.0 Å². The predicted octanol–water partition coefficient (Wildman–Crippen LogP) is 2.79. The Labute approximate surface area is 111 Å². The van der Waals surface area contributed by atoms with Gasteiger partial charge in [-0.25, -0.2) is 4.79 Å². The highest BCUT2D eigenvalue weighted by Gasteiger charge is 2.53. The highest BCUT2D eigenvalue weighted by molar-refractivity contribution is 7.80. The molecule has 0 radical (unpaired) electrons. The lowest BCUT2D eigenvalue weighted by molar-refractivity contribution is -0.786. The van der Waals surface area contributed by atoms with Crippen LogP contribution in [0.15, 0.2) is 29.2 Å². The van der Waals surface area contributed by atoms with Gasteiger partial charge in [0.2, 0.25) is 0 Å². The standard InChI is InChI=1S/C13H15NO3S/c1-9-5-4-8-14(9,13(16)17)12(15)10-6-2-3-7-11(10)18/h2-3,6-7,9H,4-5,8H2,1H3,(H-,15,16,17,18)/p+1/t9-,14?/m1/s1. The molecular formula is C13H16NO3S+. The minimum absolute atomic E-state index is 0.192. The van der Waals surface area contributed by atoms with Crippen molar-refractivity contribution < 1.29 is 19.2 Å². The average molecular weight is 266 g/mol. The molecule has 0 saturated carbocycles. The van der Waals surface area contributed by atoms with Gasteiger partial charge in [-0.2, -0.15) is 9.28 Å². The lowest BCUT2D eigenvalue weighted by atomic mass is 10.1. The summed E-state index contributed by atoms with van der Waals surface area (Å²) in [5.41, 5.74) is 0.386. The summed E-state index contributed by atoms with van der Waals surface area (Å²) in [6.07, 6.45) is 0.447. The van der Waals surface area contributed by atoms with E-state index in [4.69, 9.17) is 0 Å². The molecule has 1 fully saturated rings. The second-order valence-corrected chi connectivity index (χ2v) is 5.17. The van der Waals surface area contributed by atoms with E-state index in [-0.39, 0.29) is 11.9 Å². The van der Waals surface area contributed by atoms with Crippen molar-refractivity contribution in [3.8, 4) is 0 Å². The van der Waals surface area contributed by atoms with Crippen molar-refractivity contribution in [2.24, 2.45) is 0 Å². The molecule has 1 aromatic rings. The Kier molecular flexibility index (Phi) is 3.45. The largest absolute Gasteiger partial charge is 0.521 e. The van der Waals surface area contributed by atoms with Crippen molar-refractivity contribution in [2.75, 3.05) is 6.54 Å². The van der Waals surface area contributed by atoms with Crippen molar-refractivity contribution in [3.63, 3.8) is 0 Å². The SMILES string of the molecule is C[C@@H]1CCC[N+]1(C(=O)O)C(=O)c1ccccc1S. The maximum Gasteiger partial charge on any atom is 0.521 e. The first-order chi connectivity index (χ1) is 8.50. The molecule has 18 heavy (non-hydrogen) atoms. The molecule has 0 spiro atoms. The molecule has 0 aliphatic carbocycles. The van der Waals surface area contributed by atoms with Crippen molar-refractivity contribution in [2.45, 2.75) is 30.7 Å². The predicted molar refractivity (Wildman–Crippen MR) is 69.9 cm³/mol. The topological polar surface area (TPSA) is 54.4 Å². The number of carboxylic acid groups (broad SMARTS) is 1. The van der Waals surface area contributed by atoms with Gasteiger partial charge in [-0.05, 0) is 19.1 Å². The van der Waals surface area contributed by atoms with Gasteiger partial charge in [0.15, 0.2) is 0 Å². The van der Waals surface area contributed by atoms with Gasteiger partial charge in [0.25, 0.3) is 0 Å². The van der Waals surface area contributed by atoms with E-state index in [1.54, 1.807) is 24.3 Å². The quantitative estimate of drug-likeness (QED) is 0.607. The van der Waals surface area contributed by atoms with Gasteiger partial charge in [-0.3, -0.25) is 0 Å². The fourth-order valence-corrected chi connectivity index (χ4v) is 2.88. The normalized spacial score (nSPS) is 27.1. The minimum Gasteiger partial charge on any atom is -0.435 e. The molecule has 1 aliphatic heterocycles. The molecule has 96 valence electrons.